The predicted octanol–water partition coefficient (Wildman–Crippen LogP) is 4.60. The van der Waals surface area contributed by atoms with Crippen LogP contribution in [0.15, 0.2) is 29.2 Å². The Hall–Kier alpha value is -1.02. The molecule has 3 rings (SSSR count). The molecule has 1 saturated heterocycles. The average molecular weight is 428 g/mol. The summed E-state index contributed by atoms with van der Waals surface area (Å²) in [5.74, 6) is 0.742. The highest BCUT2D eigenvalue weighted by Crippen LogP contribution is 2.39. The molecule has 5 nitrogen and oxygen atoms in total. The van der Waals surface area contributed by atoms with Gasteiger partial charge in [-0.2, -0.15) is 21.2 Å². The summed E-state index contributed by atoms with van der Waals surface area (Å²) in [6.45, 7) is 8.61. The molecule has 148 valence electrons. The van der Waals surface area contributed by atoms with Gasteiger partial charge in [0.15, 0.2) is 0 Å². The minimum atomic E-state index is -3.57. The Balaban J connectivity index is 1.86. The number of aryl methyl sites for hydroxylation is 1. The highest BCUT2D eigenvalue weighted by atomic mass is 35.5. The molecule has 1 fully saturated rings. The summed E-state index contributed by atoms with van der Waals surface area (Å²) in [5.41, 5.74) is 2.37. The third-order valence-corrected chi connectivity index (χ3v) is 8.70. The molecule has 8 heteroatoms. The van der Waals surface area contributed by atoms with E-state index in [1.807, 2.05) is 45.0 Å². The molecule has 1 atom stereocenters. The zero-order valence-corrected chi connectivity index (χ0v) is 18.5. The number of sulfonamides is 1. The van der Waals surface area contributed by atoms with Crippen molar-refractivity contribution in [2.45, 2.75) is 50.3 Å². The Morgan fingerprint density at radius 3 is 2.56 bits per heavy atom. The molecule has 0 aliphatic carbocycles. The second kappa shape index (κ2) is 8.15. The number of hydrogen-bond acceptors (Lipinski definition) is 4. The maximum absolute atomic E-state index is 13.4. The molecule has 2 aromatic rings. The van der Waals surface area contributed by atoms with Gasteiger partial charge in [0.1, 0.15) is 4.90 Å². The molecule has 0 spiro atoms. The van der Waals surface area contributed by atoms with E-state index in [0.29, 0.717) is 29.4 Å². The van der Waals surface area contributed by atoms with Crippen molar-refractivity contribution in [3.63, 3.8) is 0 Å². The molecule has 0 amide bonds. The van der Waals surface area contributed by atoms with Crippen LogP contribution in [-0.2, 0) is 10.0 Å². The van der Waals surface area contributed by atoms with Crippen LogP contribution in [-0.4, -0.2) is 41.3 Å². The maximum Gasteiger partial charge on any atom is 0.246 e. The van der Waals surface area contributed by atoms with Gasteiger partial charge in [-0.25, -0.2) is 8.42 Å². The maximum atomic E-state index is 13.4. The number of halogens is 1. The number of rotatable bonds is 4. The molecule has 0 unspecified atom stereocenters. The highest BCUT2D eigenvalue weighted by molar-refractivity contribution is 7.99. The molecular formula is C19H26ClN3O2S2. The fourth-order valence-corrected chi connectivity index (χ4v) is 7.16. The van der Waals surface area contributed by atoms with E-state index in [1.165, 1.54) is 0 Å². The van der Waals surface area contributed by atoms with Crippen molar-refractivity contribution in [3.05, 3.63) is 46.2 Å². The van der Waals surface area contributed by atoms with Gasteiger partial charge in [0.25, 0.3) is 0 Å². The van der Waals surface area contributed by atoms with Crippen LogP contribution in [0, 0.1) is 13.8 Å². The Morgan fingerprint density at radius 2 is 1.93 bits per heavy atom. The van der Waals surface area contributed by atoms with Crippen molar-refractivity contribution in [1.29, 1.82) is 0 Å². The van der Waals surface area contributed by atoms with Crippen LogP contribution in [0.25, 0.3) is 0 Å². The first-order chi connectivity index (χ1) is 12.7. The topological polar surface area (TPSA) is 55.2 Å². The van der Waals surface area contributed by atoms with Gasteiger partial charge in [0.05, 0.1) is 11.4 Å². The van der Waals surface area contributed by atoms with Gasteiger partial charge in [0.2, 0.25) is 10.0 Å². The van der Waals surface area contributed by atoms with Crippen molar-refractivity contribution in [2.24, 2.45) is 0 Å². The molecule has 1 aliphatic heterocycles. The number of nitrogens with zero attached hydrogens (tertiary/aromatic N) is 3. The summed E-state index contributed by atoms with van der Waals surface area (Å²) in [6, 6.07) is 7.95. The van der Waals surface area contributed by atoms with Gasteiger partial charge < -0.3 is 0 Å². The lowest BCUT2D eigenvalue weighted by molar-refractivity contribution is 0.427. The van der Waals surface area contributed by atoms with E-state index in [9.17, 15) is 8.42 Å². The normalized spacial score (nSPS) is 19.4. The standard InChI is InChI=1S/C19H26ClN3O2S2/c1-13(2)23-15(4)19(14(3)21-23)27(24,25)22-10-9-18(26-12-11-22)16-7-5-6-8-17(16)20/h5-8,13,18H,9-12H2,1-4H3/t18-/m0/s1. The first kappa shape index (κ1) is 20.7. The van der Waals surface area contributed by atoms with Gasteiger partial charge in [0, 0.05) is 35.2 Å². The largest absolute Gasteiger partial charge is 0.266 e. The molecule has 0 bridgehead atoms. The van der Waals surface area contributed by atoms with Gasteiger partial charge in [-0.05, 0) is 45.7 Å². The molecule has 1 aliphatic rings. The first-order valence-electron chi connectivity index (χ1n) is 9.15. The summed E-state index contributed by atoms with van der Waals surface area (Å²) >= 11 is 8.12. The summed E-state index contributed by atoms with van der Waals surface area (Å²) < 4.78 is 30.1. The summed E-state index contributed by atoms with van der Waals surface area (Å²) in [7, 11) is -3.57. The highest BCUT2D eigenvalue weighted by Gasteiger charge is 2.33. The van der Waals surface area contributed by atoms with Crippen molar-refractivity contribution in [3.8, 4) is 0 Å². The zero-order chi connectivity index (χ0) is 19.8. The predicted molar refractivity (Wildman–Crippen MR) is 112 cm³/mol. The molecule has 1 aromatic heterocycles. The summed E-state index contributed by atoms with van der Waals surface area (Å²) in [4.78, 5) is 0.359. The van der Waals surface area contributed by atoms with Crippen molar-refractivity contribution >= 4 is 33.4 Å². The first-order valence-corrected chi connectivity index (χ1v) is 12.0. The van der Waals surface area contributed by atoms with Crippen LogP contribution in [0.3, 0.4) is 0 Å². The van der Waals surface area contributed by atoms with Crippen LogP contribution < -0.4 is 0 Å². The van der Waals surface area contributed by atoms with Crippen LogP contribution in [0.1, 0.15) is 48.5 Å². The van der Waals surface area contributed by atoms with E-state index in [-0.39, 0.29) is 11.3 Å². The average Bonchev–Trinajstić information content (AvgIpc) is 2.78. The van der Waals surface area contributed by atoms with Crippen molar-refractivity contribution < 1.29 is 8.42 Å². The Labute approximate surface area is 171 Å². The number of benzene rings is 1. The molecular weight excluding hydrogens is 402 g/mol. The van der Waals surface area contributed by atoms with Gasteiger partial charge in [-0.15, -0.1) is 0 Å². The van der Waals surface area contributed by atoms with Gasteiger partial charge in [-0.3, -0.25) is 4.68 Å². The number of aromatic nitrogens is 2. The number of hydrogen-bond donors (Lipinski definition) is 0. The second-order valence-electron chi connectivity index (χ2n) is 7.11. The molecule has 0 saturated carbocycles. The van der Waals surface area contributed by atoms with E-state index < -0.39 is 10.0 Å². The number of thioether (sulfide) groups is 1. The fraction of sp³-hybridized carbons (Fsp3) is 0.526. The van der Waals surface area contributed by atoms with E-state index in [2.05, 4.69) is 5.10 Å². The second-order valence-corrected chi connectivity index (χ2v) is 10.7. The lowest BCUT2D eigenvalue weighted by Crippen LogP contribution is -2.33. The van der Waals surface area contributed by atoms with E-state index >= 15 is 0 Å². The molecule has 27 heavy (non-hydrogen) atoms. The van der Waals surface area contributed by atoms with Crippen LogP contribution >= 0.6 is 23.4 Å². The van der Waals surface area contributed by atoms with Crippen molar-refractivity contribution in [2.75, 3.05) is 18.8 Å². The van der Waals surface area contributed by atoms with E-state index in [4.69, 9.17) is 11.6 Å². The molecule has 0 radical (unpaired) electrons. The monoisotopic (exact) mass is 427 g/mol. The molecule has 0 N–H and O–H groups in total. The van der Waals surface area contributed by atoms with E-state index in [0.717, 1.165) is 22.8 Å². The Kier molecular flexibility index (Phi) is 6.25. The lowest BCUT2D eigenvalue weighted by Gasteiger charge is -2.20. The van der Waals surface area contributed by atoms with Crippen LogP contribution in [0.2, 0.25) is 5.02 Å². The molecule has 1 aromatic carbocycles. The smallest absolute Gasteiger partial charge is 0.246 e. The minimum absolute atomic E-state index is 0.122. The summed E-state index contributed by atoms with van der Waals surface area (Å²) in [5, 5.41) is 5.41. The van der Waals surface area contributed by atoms with Gasteiger partial charge in [-0.1, -0.05) is 29.8 Å². The zero-order valence-electron chi connectivity index (χ0n) is 16.1. The van der Waals surface area contributed by atoms with Crippen LogP contribution in [0.5, 0.6) is 0 Å². The lowest BCUT2D eigenvalue weighted by atomic mass is 10.1. The van der Waals surface area contributed by atoms with Gasteiger partial charge >= 0.3 is 0 Å². The Morgan fingerprint density at radius 1 is 1.22 bits per heavy atom. The third-order valence-electron chi connectivity index (χ3n) is 4.90. The minimum Gasteiger partial charge on any atom is -0.266 e. The van der Waals surface area contributed by atoms with E-state index in [1.54, 1.807) is 27.7 Å². The van der Waals surface area contributed by atoms with Crippen molar-refractivity contribution in [1.82, 2.24) is 14.1 Å². The Bertz CT molecular complexity index is 925. The summed E-state index contributed by atoms with van der Waals surface area (Å²) in [6.07, 6.45) is 0.740. The third kappa shape index (κ3) is 4.06. The molecule has 2 heterocycles. The quantitative estimate of drug-likeness (QED) is 0.715. The fourth-order valence-electron chi connectivity index (χ4n) is 3.63. The SMILES string of the molecule is Cc1nn(C(C)C)c(C)c1S(=O)(=O)N1CCS[C@H](c2ccccc2Cl)CC1. The van der Waals surface area contributed by atoms with Crippen LogP contribution in [0.4, 0.5) is 0 Å².